The maximum atomic E-state index is 12.5. The summed E-state index contributed by atoms with van der Waals surface area (Å²) in [5.74, 6) is 0.431. The minimum Gasteiger partial charge on any atom is -0.378 e. The number of halogens is 3. The number of thiazole rings is 1. The molecule has 2 unspecified atom stereocenters. The summed E-state index contributed by atoms with van der Waals surface area (Å²) < 4.78 is 43.3. The second kappa shape index (κ2) is 4.94. The van der Waals surface area contributed by atoms with Gasteiger partial charge in [-0.05, 0) is 19.3 Å². The van der Waals surface area contributed by atoms with Gasteiger partial charge < -0.3 is 9.64 Å². The van der Waals surface area contributed by atoms with Crippen molar-refractivity contribution in [3.8, 4) is 0 Å². The van der Waals surface area contributed by atoms with Crippen molar-refractivity contribution >= 4 is 16.5 Å². The Kier molecular flexibility index (Phi) is 3.42. The maximum absolute atomic E-state index is 12.5. The number of ether oxygens (including phenoxy) is 1. The molecule has 2 atom stereocenters. The second-order valence-corrected chi connectivity index (χ2v) is 5.90. The third kappa shape index (κ3) is 2.72. The highest BCUT2D eigenvalue weighted by Gasteiger charge is 2.36. The molecule has 3 nitrogen and oxygen atoms in total. The number of hydrogen-bond acceptors (Lipinski definition) is 4. The predicted octanol–water partition coefficient (Wildman–Crippen LogP) is 3.17. The molecule has 0 spiro atoms. The van der Waals surface area contributed by atoms with E-state index in [4.69, 9.17) is 4.74 Å². The van der Waals surface area contributed by atoms with Gasteiger partial charge in [0.25, 0.3) is 0 Å². The highest BCUT2D eigenvalue weighted by Crippen LogP contribution is 2.36. The molecular formula is C12H15F3N2OS. The van der Waals surface area contributed by atoms with Gasteiger partial charge in [0.15, 0.2) is 10.8 Å². The monoisotopic (exact) mass is 292 g/mol. The fraction of sp³-hybridized carbons (Fsp3) is 0.750. The van der Waals surface area contributed by atoms with Gasteiger partial charge >= 0.3 is 6.18 Å². The molecule has 106 valence electrons. The van der Waals surface area contributed by atoms with E-state index in [0.717, 1.165) is 55.7 Å². The van der Waals surface area contributed by atoms with Gasteiger partial charge in [-0.3, -0.25) is 0 Å². The zero-order valence-corrected chi connectivity index (χ0v) is 11.1. The Balaban J connectivity index is 1.71. The van der Waals surface area contributed by atoms with Crippen LogP contribution in [0.3, 0.4) is 0 Å². The van der Waals surface area contributed by atoms with E-state index in [0.29, 0.717) is 11.0 Å². The first-order chi connectivity index (χ1) is 9.04. The van der Waals surface area contributed by atoms with Crippen molar-refractivity contribution in [2.45, 2.75) is 31.5 Å². The van der Waals surface area contributed by atoms with Crippen LogP contribution in [0.15, 0.2) is 5.38 Å². The quantitative estimate of drug-likeness (QED) is 0.795. The number of anilines is 1. The van der Waals surface area contributed by atoms with E-state index in [-0.39, 0.29) is 6.10 Å². The molecule has 0 amide bonds. The van der Waals surface area contributed by atoms with Gasteiger partial charge in [-0.15, -0.1) is 11.3 Å². The maximum Gasteiger partial charge on any atom is 0.434 e. The lowest BCUT2D eigenvalue weighted by Crippen LogP contribution is -2.46. The molecule has 0 N–H and O–H groups in total. The SMILES string of the molecule is FC(F)(F)c1csc(N2CCC3OCCCC3C2)n1. The molecule has 2 fully saturated rings. The molecular weight excluding hydrogens is 277 g/mol. The number of nitrogens with zero attached hydrogens (tertiary/aromatic N) is 2. The van der Waals surface area contributed by atoms with Crippen LogP contribution >= 0.6 is 11.3 Å². The van der Waals surface area contributed by atoms with Gasteiger partial charge in [-0.2, -0.15) is 13.2 Å². The Bertz CT molecular complexity index is 448. The van der Waals surface area contributed by atoms with E-state index in [1.54, 1.807) is 0 Å². The summed E-state index contributed by atoms with van der Waals surface area (Å²) in [6.45, 7) is 2.30. The van der Waals surface area contributed by atoms with Gasteiger partial charge in [0.05, 0.1) is 6.10 Å². The van der Waals surface area contributed by atoms with Crippen molar-refractivity contribution < 1.29 is 17.9 Å². The molecule has 2 aliphatic rings. The summed E-state index contributed by atoms with van der Waals surface area (Å²) in [6.07, 6.45) is -1.04. The Labute approximate surface area is 113 Å². The highest BCUT2D eigenvalue weighted by atomic mass is 32.1. The molecule has 0 radical (unpaired) electrons. The Morgan fingerprint density at radius 3 is 2.95 bits per heavy atom. The van der Waals surface area contributed by atoms with Gasteiger partial charge in [0.2, 0.25) is 0 Å². The van der Waals surface area contributed by atoms with Gasteiger partial charge in [-0.1, -0.05) is 0 Å². The topological polar surface area (TPSA) is 25.4 Å². The molecule has 3 rings (SSSR count). The molecule has 0 aromatic carbocycles. The van der Waals surface area contributed by atoms with E-state index >= 15 is 0 Å². The lowest BCUT2D eigenvalue weighted by atomic mass is 9.89. The largest absolute Gasteiger partial charge is 0.434 e. The van der Waals surface area contributed by atoms with Crippen molar-refractivity contribution in [2.24, 2.45) is 5.92 Å². The van der Waals surface area contributed by atoms with Crippen molar-refractivity contribution in [3.63, 3.8) is 0 Å². The summed E-state index contributed by atoms with van der Waals surface area (Å²) in [4.78, 5) is 5.69. The molecule has 0 aliphatic carbocycles. The number of fused-ring (bicyclic) bond motifs is 1. The minimum atomic E-state index is -4.35. The number of alkyl halides is 3. The second-order valence-electron chi connectivity index (χ2n) is 5.06. The average molecular weight is 292 g/mol. The van der Waals surface area contributed by atoms with Gasteiger partial charge in [0.1, 0.15) is 0 Å². The summed E-state index contributed by atoms with van der Waals surface area (Å²) in [5, 5.41) is 1.58. The molecule has 3 heterocycles. The average Bonchev–Trinajstić information content (AvgIpc) is 2.87. The first-order valence-corrected chi connectivity index (χ1v) is 7.31. The van der Waals surface area contributed by atoms with Crippen LogP contribution < -0.4 is 4.90 Å². The lowest BCUT2D eigenvalue weighted by molar-refractivity contribution is -0.140. The van der Waals surface area contributed by atoms with Gasteiger partial charge in [-0.25, -0.2) is 4.98 Å². The van der Waals surface area contributed by atoms with E-state index in [9.17, 15) is 13.2 Å². The van der Waals surface area contributed by atoms with Crippen LogP contribution in [0.2, 0.25) is 0 Å². The minimum absolute atomic E-state index is 0.284. The third-order valence-electron chi connectivity index (χ3n) is 3.77. The first-order valence-electron chi connectivity index (χ1n) is 6.43. The normalized spacial score (nSPS) is 28.3. The molecule has 2 aliphatic heterocycles. The highest BCUT2D eigenvalue weighted by molar-refractivity contribution is 7.13. The van der Waals surface area contributed by atoms with Crippen molar-refractivity contribution in [1.29, 1.82) is 0 Å². The van der Waals surface area contributed by atoms with E-state index in [2.05, 4.69) is 4.98 Å². The standard InChI is InChI=1S/C12H15F3N2OS/c13-12(14,15)10-7-19-11(16-10)17-4-3-9-8(6-17)2-1-5-18-9/h7-9H,1-6H2. The molecule has 7 heteroatoms. The summed E-state index contributed by atoms with van der Waals surface area (Å²) in [7, 11) is 0. The van der Waals surface area contributed by atoms with Crippen LogP contribution in [0.4, 0.5) is 18.3 Å². The van der Waals surface area contributed by atoms with Crippen molar-refractivity contribution in [1.82, 2.24) is 4.98 Å². The smallest absolute Gasteiger partial charge is 0.378 e. The number of rotatable bonds is 1. The van der Waals surface area contributed by atoms with Crippen LogP contribution in [0.5, 0.6) is 0 Å². The van der Waals surface area contributed by atoms with Crippen molar-refractivity contribution in [2.75, 3.05) is 24.6 Å². The summed E-state index contributed by atoms with van der Waals surface area (Å²) >= 11 is 1.08. The molecule has 1 aromatic rings. The van der Waals surface area contributed by atoms with Crippen molar-refractivity contribution in [3.05, 3.63) is 11.1 Å². The molecule has 19 heavy (non-hydrogen) atoms. The van der Waals surface area contributed by atoms with Crippen LogP contribution in [-0.4, -0.2) is 30.8 Å². The number of hydrogen-bond donors (Lipinski definition) is 0. The van der Waals surface area contributed by atoms with Gasteiger partial charge in [0, 0.05) is 31.0 Å². The van der Waals surface area contributed by atoms with E-state index in [1.165, 1.54) is 0 Å². The van der Waals surface area contributed by atoms with Crippen LogP contribution in [-0.2, 0) is 10.9 Å². The predicted molar refractivity (Wildman–Crippen MR) is 66.4 cm³/mol. The first kappa shape index (κ1) is 13.2. The van der Waals surface area contributed by atoms with Crippen LogP contribution in [0, 0.1) is 5.92 Å². The molecule has 2 saturated heterocycles. The zero-order valence-electron chi connectivity index (χ0n) is 10.3. The summed E-state index contributed by atoms with van der Waals surface area (Å²) in [6, 6.07) is 0. The van der Waals surface area contributed by atoms with E-state index < -0.39 is 11.9 Å². The Morgan fingerprint density at radius 2 is 2.21 bits per heavy atom. The fourth-order valence-electron chi connectivity index (χ4n) is 2.80. The molecule has 1 aromatic heterocycles. The molecule has 0 saturated carbocycles. The third-order valence-corrected chi connectivity index (χ3v) is 4.67. The Morgan fingerprint density at radius 1 is 1.37 bits per heavy atom. The lowest BCUT2D eigenvalue weighted by Gasteiger charge is -2.40. The Hall–Kier alpha value is -0.820. The van der Waals surface area contributed by atoms with Crippen LogP contribution in [0.25, 0.3) is 0 Å². The summed E-state index contributed by atoms with van der Waals surface area (Å²) in [5.41, 5.74) is -0.783. The molecule has 0 bridgehead atoms. The number of piperidine rings is 1. The van der Waals surface area contributed by atoms with E-state index in [1.807, 2.05) is 4.90 Å². The fourth-order valence-corrected chi connectivity index (χ4v) is 3.67. The van der Waals surface area contributed by atoms with Crippen LogP contribution in [0.1, 0.15) is 25.0 Å². The zero-order chi connectivity index (χ0) is 13.5. The number of aromatic nitrogens is 1.